The summed E-state index contributed by atoms with van der Waals surface area (Å²) >= 11 is 0. The molecule has 140 valence electrons. The van der Waals surface area contributed by atoms with Gasteiger partial charge in [0.2, 0.25) is 5.91 Å². The van der Waals surface area contributed by atoms with Crippen LogP contribution in [-0.4, -0.2) is 28.5 Å². The number of phenols is 1. The van der Waals surface area contributed by atoms with Gasteiger partial charge < -0.3 is 10.4 Å². The van der Waals surface area contributed by atoms with Crippen molar-refractivity contribution in [1.82, 2.24) is 9.88 Å². The SMILES string of the molecule is CNC(=O)[C@H](C)c1c(C)n(C(=O)c2cccc(F)c2)c2ccc(O)c(F)c12. The Hall–Kier alpha value is -3.22. The normalized spacial score (nSPS) is 12.2. The number of benzene rings is 2. The number of hydrogen-bond acceptors (Lipinski definition) is 3. The highest BCUT2D eigenvalue weighted by atomic mass is 19.1. The van der Waals surface area contributed by atoms with E-state index in [1.54, 1.807) is 13.8 Å². The molecule has 1 atom stereocenters. The maximum atomic E-state index is 14.7. The number of carbonyl (C=O) groups excluding carboxylic acids is 2. The lowest BCUT2D eigenvalue weighted by atomic mass is 9.96. The van der Waals surface area contributed by atoms with E-state index in [4.69, 9.17) is 0 Å². The highest BCUT2D eigenvalue weighted by Crippen LogP contribution is 2.37. The van der Waals surface area contributed by atoms with Gasteiger partial charge in [-0.05, 0) is 49.7 Å². The molecule has 1 aromatic heterocycles. The number of hydrogen-bond donors (Lipinski definition) is 2. The van der Waals surface area contributed by atoms with Crippen LogP contribution in [0.5, 0.6) is 5.75 Å². The molecule has 0 spiro atoms. The van der Waals surface area contributed by atoms with Crippen molar-refractivity contribution in [3.63, 3.8) is 0 Å². The Kier molecular flexibility index (Phi) is 4.70. The number of carbonyl (C=O) groups is 2. The number of rotatable bonds is 3. The second kappa shape index (κ2) is 6.83. The van der Waals surface area contributed by atoms with E-state index in [1.807, 2.05) is 0 Å². The Labute approximate surface area is 154 Å². The first-order valence-electron chi connectivity index (χ1n) is 8.32. The van der Waals surface area contributed by atoms with Gasteiger partial charge in [-0.25, -0.2) is 8.78 Å². The molecule has 0 bridgehead atoms. The summed E-state index contributed by atoms with van der Waals surface area (Å²) in [5, 5.41) is 12.3. The molecule has 7 heteroatoms. The molecule has 0 saturated carbocycles. The minimum absolute atomic E-state index is 0.00615. The van der Waals surface area contributed by atoms with Crippen molar-refractivity contribution < 1.29 is 23.5 Å². The van der Waals surface area contributed by atoms with Gasteiger partial charge in [-0.3, -0.25) is 14.2 Å². The number of fused-ring (bicyclic) bond motifs is 1. The molecule has 0 aliphatic rings. The van der Waals surface area contributed by atoms with Gasteiger partial charge in [-0.15, -0.1) is 0 Å². The number of phenolic OH excluding ortho intramolecular Hbond substituents is 1. The molecule has 1 amide bonds. The summed E-state index contributed by atoms with van der Waals surface area (Å²) in [6, 6.07) is 7.71. The Morgan fingerprint density at radius 2 is 1.89 bits per heavy atom. The zero-order valence-corrected chi connectivity index (χ0v) is 15.0. The Bertz CT molecular complexity index is 1070. The molecule has 2 aromatic carbocycles. The number of aromatic nitrogens is 1. The van der Waals surface area contributed by atoms with Crippen LogP contribution in [0.3, 0.4) is 0 Å². The van der Waals surface area contributed by atoms with Crippen LogP contribution in [0.2, 0.25) is 0 Å². The van der Waals surface area contributed by atoms with Crippen LogP contribution >= 0.6 is 0 Å². The number of amides is 1. The van der Waals surface area contributed by atoms with Crippen molar-refractivity contribution in [2.24, 2.45) is 0 Å². The third-order valence-electron chi connectivity index (χ3n) is 4.68. The lowest BCUT2D eigenvalue weighted by molar-refractivity contribution is -0.121. The van der Waals surface area contributed by atoms with E-state index in [9.17, 15) is 23.5 Å². The molecule has 0 radical (unpaired) electrons. The largest absolute Gasteiger partial charge is 0.505 e. The summed E-state index contributed by atoms with van der Waals surface area (Å²) in [5.74, 6) is -3.75. The molecule has 0 unspecified atom stereocenters. The third-order valence-corrected chi connectivity index (χ3v) is 4.68. The van der Waals surface area contributed by atoms with Crippen LogP contribution in [0.1, 0.15) is 34.5 Å². The molecular formula is C20H18F2N2O3. The molecule has 0 fully saturated rings. The lowest BCUT2D eigenvalue weighted by Gasteiger charge is -2.12. The summed E-state index contributed by atoms with van der Waals surface area (Å²) < 4.78 is 29.5. The minimum Gasteiger partial charge on any atom is -0.505 e. The van der Waals surface area contributed by atoms with E-state index in [0.717, 1.165) is 12.1 Å². The van der Waals surface area contributed by atoms with Gasteiger partial charge in [0.15, 0.2) is 11.6 Å². The van der Waals surface area contributed by atoms with Crippen LogP contribution in [-0.2, 0) is 4.79 Å². The fraction of sp³-hybridized carbons (Fsp3) is 0.200. The average Bonchev–Trinajstić information content (AvgIpc) is 2.95. The summed E-state index contributed by atoms with van der Waals surface area (Å²) in [4.78, 5) is 25.2. The average molecular weight is 372 g/mol. The van der Waals surface area contributed by atoms with Crippen molar-refractivity contribution >= 4 is 22.7 Å². The number of nitrogens with one attached hydrogen (secondary N) is 1. The smallest absolute Gasteiger partial charge is 0.262 e. The van der Waals surface area contributed by atoms with E-state index in [1.165, 1.54) is 35.9 Å². The van der Waals surface area contributed by atoms with E-state index < -0.39 is 29.2 Å². The van der Waals surface area contributed by atoms with Gasteiger partial charge >= 0.3 is 0 Å². The molecule has 2 N–H and O–H groups in total. The molecule has 3 rings (SSSR count). The maximum Gasteiger partial charge on any atom is 0.262 e. The summed E-state index contributed by atoms with van der Waals surface area (Å²) in [6.07, 6.45) is 0. The molecule has 0 aliphatic carbocycles. The second-order valence-corrected chi connectivity index (χ2v) is 6.28. The number of halogens is 2. The zero-order valence-electron chi connectivity index (χ0n) is 15.0. The van der Waals surface area contributed by atoms with Crippen LogP contribution in [0.15, 0.2) is 36.4 Å². The van der Waals surface area contributed by atoms with Gasteiger partial charge in [-0.1, -0.05) is 6.07 Å². The van der Waals surface area contributed by atoms with Gasteiger partial charge in [0.1, 0.15) is 5.82 Å². The first-order chi connectivity index (χ1) is 12.8. The molecule has 5 nitrogen and oxygen atoms in total. The topological polar surface area (TPSA) is 71.3 Å². The van der Waals surface area contributed by atoms with Crippen molar-refractivity contribution in [2.75, 3.05) is 7.05 Å². The van der Waals surface area contributed by atoms with E-state index in [2.05, 4.69) is 5.32 Å². The molecule has 3 aromatic rings. The fourth-order valence-electron chi connectivity index (χ4n) is 3.37. The van der Waals surface area contributed by atoms with Crippen molar-refractivity contribution in [3.05, 3.63) is 64.9 Å². The number of likely N-dealkylation sites (N-methyl/N-ethyl adjacent to an activating group) is 1. The summed E-state index contributed by atoms with van der Waals surface area (Å²) in [7, 11) is 1.46. The van der Waals surface area contributed by atoms with Crippen molar-refractivity contribution in [3.8, 4) is 5.75 Å². The first-order valence-corrected chi connectivity index (χ1v) is 8.32. The van der Waals surface area contributed by atoms with Gasteiger partial charge in [0, 0.05) is 23.7 Å². The monoisotopic (exact) mass is 372 g/mol. The predicted molar refractivity (Wildman–Crippen MR) is 96.9 cm³/mol. The third kappa shape index (κ3) is 2.95. The summed E-state index contributed by atoms with van der Waals surface area (Å²) in [5.41, 5.74) is 0.924. The van der Waals surface area contributed by atoms with Gasteiger partial charge in [-0.2, -0.15) is 0 Å². The van der Waals surface area contributed by atoms with E-state index >= 15 is 0 Å². The Balaban J connectivity index is 2.34. The molecule has 27 heavy (non-hydrogen) atoms. The minimum atomic E-state index is -0.910. The van der Waals surface area contributed by atoms with Crippen LogP contribution in [0.25, 0.3) is 10.9 Å². The van der Waals surface area contributed by atoms with Crippen molar-refractivity contribution in [2.45, 2.75) is 19.8 Å². The maximum absolute atomic E-state index is 14.7. The van der Waals surface area contributed by atoms with Crippen LogP contribution < -0.4 is 5.32 Å². The van der Waals surface area contributed by atoms with Gasteiger partial charge in [0.25, 0.3) is 5.91 Å². The van der Waals surface area contributed by atoms with E-state index in [0.29, 0.717) is 11.3 Å². The highest BCUT2D eigenvalue weighted by Gasteiger charge is 2.29. The predicted octanol–water partition coefficient (Wildman–Crippen LogP) is 3.47. The van der Waals surface area contributed by atoms with Gasteiger partial charge in [0.05, 0.1) is 11.4 Å². The Morgan fingerprint density at radius 1 is 1.19 bits per heavy atom. The van der Waals surface area contributed by atoms with Crippen LogP contribution in [0.4, 0.5) is 8.78 Å². The summed E-state index contributed by atoms with van der Waals surface area (Å²) in [6.45, 7) is 3.17. The van der Waals surface area contributed by atoms with Crippen molar-refractivity contribution in [1.29, 1.82) is 0 Å². The fourth-order valence-corrected chi connectivity index (χ4v) is 3.37. The Morgan fingerprint density at radius 3 is 2.52 bits per heavy atom. The lowest BCUT2D eigenvalue weighted by Crippen LogP contribution is -2.24. The quantitative estimate of drug-likeness (QED) is 0.740. The second-order valence-electron chi connectivity index (χ2n) is 6.28. The molecule has 1 heterocycles. The zero-order chi connectivity index (χ0) is 19.9. The molecular weight excluding hydrogens is 354 g/mol. The molecule has 0 saturated heterocycles. The molecule has 0 aliphatic heterocycles. The first kappa shape index (κ1) is 18.6. The number of nitrogens with zero attached hydrogens (tertiary/aromatic N) is 1. The standard InChI is InChI=1S/C20H18F2N2O3/c1-10(19(26)23-3)16-11(2)24(14-7-8-15(25)18(22)17(14)16)20(27)12-5-4-6-13(21)9-12/h4-10,25H,1-3H3,(H,23,26)/t10-/m1/s1. The van der Waals surface area contributed by atoms with E-state index in [-0.39, 0.29) is 22.4 Å². The highest BCUT2D eigenvalue weighted by molar-refractivity contribution is 6.05. The van der Waals surface area contributed by atoms with Crippen LogP contribution in [0, 0.1) is 18.6 Å². The number of aromatic hydroxyl groups is 1.